The zero-order valence-electron chi connectivity index (χ0n) is 11.9. The van der Waals surface area contributed by atoms with Crippen LogP contribution in [0.15, 0.2) is 24.3 Å². The van der Waals surface area contributed by atoms with Crippen molar-refractivity contribution in [3.8, 4) is 0 Å². The Hall–Kier alpha value is -1.42. The molecule has 1 N–H and O–H groups in total. The average molecular weight is 279 g/mol. The van der Waals surface area contributed by atoms with Crippen LogP contribution in [0, 0.1) is 5.82 Å². The summed E-state index contributed by atoms with van der Waals surface area (Å²) in [7, 11) is 0. The lowest BCUT2D eigenvalue weighted by Gasteiger charge is -2.34. The molecule has 1 aromatic rings. The van der Waals surface area contributed by atoms with E-state index >= 15 is 0 Å². The Bertz CT molecular complexity index is 446. The molecule has 4 heteroatoms. The second-order valence-corrected chi connectivity index (χ2v) is 5.42. The molecule has 0 saturated carbocycles. The van der Waals surface area contributed by atoms with Gasteiger partial charge in [-0.1, -0.05) is 31.9 Å². The van der Waals surface area contributed by atoms with E-state index in [9.17, 15) is 14.3 Å². The van der Waals surface area contributed by atoms with Crippen molar-refractivity contribution in [1.82, 2.24) is 4.90 Å². The first kappa shape index (κ1) is 15.0. The maximum Gasteiger partial charge on any atom is 0.320 e. The quantitative estimate of drug-likeness (QED) is 0.915. The van der Waals surface area contributed by atoms with Gasteiger partial charge in [0.1, 0.15) is 11.9 Å². The van der Waals surface area contributed by atoms with Crippen LogP contribution in [0.1, 0.15) is 50.6 Å². The van der Waals surface area contributed by atoms with Gasteiger partial charge in [-0.3, -0.25) is 9.69 Å². The zero-order chi connectivity index (χ0) is 14.5. The molecule has 3 nitrogen and oxygen atoms in total. The Morgan fingerprint density at radius 1 is 1.35 bits per heavy atom. The fraction of sp³-hybridized carbons (Fsp3) is 0.562. The van der Waals surface area contributed by atoms with Gasteiger partial charge < -0.3 is 5.11 Å². The molecular weight excluding hydrogens is 257 g/mol. The highest BCUT2D eigenvalue weighted by Gasteiger charge is 2.32. The number of benzene rings is 1. The minimum Gasteiger partial charge on any atom is -0.480 e. The van der Waals surface area contributed by atoms with Gasteiger partial charge in [0.05, 0.1) is 0 Å². The van der Waals surface area contributed by atoms with E-state index in [4.69, 9.17) is 0 Å². The van der Waals surface area contributed by atoms with E-state index in [-0.39, 0.29) is 11.9 Å². The maximum atomic E-state index is 13.1. The van der Waals surface area contributed by atoms with Crippen LogP contribution < -0.4 is 0 Å². The monoisotopic (exact) mass is 279 g/mol. The molecule has 1 aromatic carbocycles. The summed E-state index contributed by atoms with van der Waals surface area (Å²) in [4.78, 5) is 13.6. The summed E-state index contributed by atoms with van der Waals surface area (Å²) >= 11 is 0. The predicted molar refractivity (Wildman–Crippen MR) is 76.0 cm³/mol. The normalized spacial score (nSPS) is 22.2. The van der Waals surface area contributed by atoms with Gasteiger partial charge >= 0.3 is 5.97 Å². The van der Waals surface area contributed by atoms with Gasteiger partial charge in [0, 0.05) is 6.04 Å². The van der Waals surface area contributed by atoms with Gasteiger partial charge in [-0.25, -0.2) is 4.39 Å². The standard InChI is InChI=1S/C16H22FNO2/c1-2-14(12-7-9-13(17)10-8-12)18-11-5-3-4-6-15(18)16(19)20/h7-10,14-15H,2-6,11H2,1H3,(H,19,20). The van der Waals surface area contributed by atoms with E-state index in [2.05, 4.69) is 11.8 Å². The summed E-state index contributed by atoms with van der Waals surface area (Å²) in [6, 6.07) is 6.07. The number of hydrogen-bond donors (Lipinski definition) is 1. The topological polar surface area (TPSA) is 40.5 Å². The van der Waals surface area contributed by atoms with Crippen molar-refractivity contribution in [2.24, 2.45) is 0 Å². The Morgan fingerprint density at radius 3 is 2.65 bits per heavy atom. The molecule has 0 aliphatic carbocycles. The van der Waals surface area contributed by atoms with E-state index in [1.54, 1.807) is 12.1 Å². The fourth-order valence-electron chi connectivity index (χ4n) is 3.12. The van der Waals surface area contributed by atoms with Gasteiger partial charge in [0.2, 0.25) is 0 Å². The number of halogens is 1. The summed E-state index contributed by atoms with van der Waals surface area (Å²) in [6.07, 6.45) is 4.61. The molecule has 0 spiro atoms. The summed E-state index contributed by atoms with van der Waals surface area (Å²) in [5, 5.41) is 9.47. The summed E-state index contributed by atoms with van der Waals surface area (Å²) in [5.41, 5.74) is 1.00. The first-order valence-corrected chi connectivity index (χ1v) is 7.37. The number of likely N-dealkylation sites (tertiary alicyclic amines) is 1. The van der Waals surface area contributed by atoms with Crippen LogP contribution >= 0.6 is 0 Å². The van der Waals surface area contributed by atoms with Crippen molar-refractivity contribution in [3.63, 3.8) is 0 Å². The SMILES string of the molecule is CCC(c1ccc(F)cc1)N1CCCCCC1C(=O)O. The molecular formula is C16H22FNO2. The molecule has 1 fully saturated rings. The lowest BCUT2D eigenvalue weighted by molar-refractivity contribution is -0.144. The molecule has 2 unspecified atom stereocenters. The number of hydrogen-bond acceptors (Lipinski definition) is 2. The number of carbonyl (C=O) groups is 1. The number of carboxylic acids is 1. The molecule has 1 aliphatic heterocycles. The molecule has 1 aliphatic rings. The van der Waals surface area contributed by atoms with Crippen molar-refractivity contribution in [2.45, 2.75) is 51.1 Å². The van der Waals surface area contributed by atoms with Crippen LogP contribution in [0.2, 0.25) is 0 Å². The van der Waals surface area contributed by atoms with Gasteiger partial charge in [-0.2, -0.15) is 0 Å². The summed E-state index contributed by atoms with van der Waals surface area (Å²) in [6.45, 7) is 2.85. The van der Waals surface area contributed by atoms with E-state index in [1.165, 1.54) is 12.1 Å². The first-order valence-electron chi connectivity index (χ1n) is 7.37. The van der Waals surface area contributed by atoms with E-state index in [1.807, 2.05) is 0 Å². The maximum absolute atomic E-state index is 13.1. The Balaban J connectivity index is 2.26. The van der Waals surface area contributed by atoms with E-state index < -0.39 is 12.0 Å². The Kier molecular flexibility index (Phi) is 5.12. The minimum atomic E-state index is -0.743. The molecule has 0 amide bonds. The third-order valence-corrected chi connectivity index (χ3v) is 4.12. The molecule has 110 valence electrons. The van der Waals surface area contributed by atoms with Gasteiger partial charge in [0.25, 0.3) is 0 Å². The highest BCUT2D eigenvalue weighted by atomic mass is 19.1. The van der Waals surface area contributed by atoms with Gasteiger partial charge in [-0.05, 0) is 43.5 Å². The minimum absolute atomic E-state index is 0.0507. The zero-order valence-corrected chi connectivity index (χ0v) is 11.9. The molecule has 2 atom stereocenters. The number of rotatable bonds is 4. The van der Waals surface area contributed by atoms with Gasteiger partial charge in [0.15, 0.2) is 0 Å². The molecule has 0 aromatic heterocycles. The van der Waals surface area contributed by atoms with Crippen LogP contribution in [0.5, 0.6) is 0 Å². The van der Waals surface area contributed by atoms with Crippen molar-refractivity contribution in [2.75, 3.05) is 6.54 Å². The van der Waals surface area contributed by atoms with E-state index in [0.29, 0.717) is 6.42 Å². The van der Waals surface area contributed by atoms with Crippen LogP contribution in [-0.4, -0.2) is 28.6 Å². The highest BCUT2D eigenvalue weighted by molar-refractivity contribution is 5.73. The lowest BCUT2D eigenvalue weighted by Crippen LogP contribution is -2.43. The third kappa shape index (κ3) is 3.37. The molecule has 2 rings (SSSR count). The Labute approximate surface area is 119 Å². The van der Waals surface area contributed by atoms with Crippen molar-refractivity contribution >= 4 is 5.97 Å². The molecule has 1 heterocycles. The second kappa shape index (κ2) is 6.84. The van der Waals surface area contributed by atoms with Crippen LogP contribution in [0.25, 0.3) is 0 Å². The van der Waals surface area contributed by atoms with Crippen molar-refractivity contribution in [1.29, 1.82) is 0 Å². The third-order valence-electron chi connectivity index (χ3n) is 4.12. The van der Waals surface area contributed by atoms with E-state index in [0.717, 1.165) is 37.8 Å². The molecule has 20 heavy (non-hydrogen) atoms. The predicted octanol–water partition coefficient (Wildman–Crippen LogP) is 3.61. The Morgan fingerprint density at radius 2 is 2.05 bits per heavy atom. The van der Waals surface area contributed by atoms with Crippen LogP contribution in [0.4, 0.5) is 4.39 Å². The fourth-order valence-corrected chi connectivity index (χ4v) is 3.12. The van der Waals surface area contributed by atoms with Crippen LogP contribution in [-0.2, 0) is 4.79 Å². The average Bonchev–Trinajstić information content (AvgIpc) is 2.68. The molecule has 0 radical (unpaired) electrons. The number of aliphatic carboxylic acids is 1. The number of carboxylic acid groups (broad SMARTS) is 1. The van der Waals surface area contributed by atoms with Crippen LogP contribution in [0.3, 0.4) is 0 Å². The van der Waals surface area contributed by atoms with Gasteiger partial charge in [-0.15, -0.1) is 0 Å². The van der Waals surface area contributed by atoms with Crippen molar-refractivity contribution in [3.05, 3.63) is 35.6 Å². The first-order chi connectivity index (χ1) is 9.63. The second-order valence-electron chi connectivity index (χ2n) is 5.42. The highest BCUT2D eigenvalue weighted by Crippen LogP contribution is 2.30. The van der Waals surface area contributed by atoms with Crippen molar-refractivity contribution < 1.29 is 14.3 Å². The summed E-state index contributed by atoms with van der Waals surface area (Å²) in [5.74, 6) is -0.998. The number of nitrogens with zero attached hydrogens (tertiary/aromatic N) is 1. The summed E-state index contributed by atoms with van der Waals surface area (Å²) < 4.78 is 13.1. The molecule has 1 saturated heterocycles. The smallest absolute Gasteiger partial charge is 0.320 e. The lowest BCUT2D eigenvalue weighted by atomic mass is 9.99. The molecule has 0 bridgehead atoms. The largest absolute Gasteiger partial charge is 0.480 e.